The number of anilines is 1. The van der Waals surface area contributed by atoms with Gasteiger partial charge in [-0.1, -0.05) is 18.2 Å². The first-order valence-corrected chi connectivity index (χ1v) is 9.13. The number of pyridine rings is 1. The fourth-order valence-electron chi connectivity index (χ4n) is 3.15. The second-order valence-electron chi connectivity index (χ2n) is 6.31. The molecule has 0 saturated heterocycles. The second-order valence-corrected chi connectivity index (χ2v) is 7.35. The largest absolute Gasteiger partial charge is 0.360 e. The number of rotatable bonds is 4. The Morgan fingerprint density at radius 3 is 2.88 bits per heavy atom. The number of amides is 1. The zero-order chi connectivity index (χ0) is 17.4. The highest BCUT2D eigenvalue weighted by Crippen LogP contribution is 2.35. The minimum atomic E-state index is -0.258. The summed E-state index contributed by atoms with van der Waals surface area (Å²) in [6, 6.07) is 14.1. The van der Waals surface area contributed by atoms with Gasteiger partial charge in [-0.3, -0.25) is 9.78 Å². The highest BCUT2D eigenvalue weighted by Gasteiger charge is 2.38. The molecule has 3 aromatic rings. The SMILES string of the molecule is Cc1ccc(C)c(N[C@@H]2c3ncccc3C(=O)N2Cc2cccs2)c1. The average Bonchev–Trinajstić information content (AvgIpc) is 3.21. The third kappa shape index (κ3) is 2.91. The number of aryl methyl sites for hydroxylation is 2. The molecule has 25 heavy (non-hydrogen) atoms. The Morgan fingerprint density at radius 2 is 2.08 bits per heavy atom. The van der Waals surface area contributed by atoms with E-state index in [2.05, 4.69) is 48.4 Å². The normalized spacial score (nSPS) is 16.2. The number of benzene rings is 1. The van der Waals surface area contributed by atoms with Crippen molar-refractivity contribution in [3.63, 3.8) is 0 Å². The van der Waals surface area contributed by atoms with Crippen LogP contribution in [0.15, 0.2) is 54.0 Å². The summed E-state index contributed by atoms with van der Waals surface area (Å²) < 4.78 is 0. The van der Waals surface area contributed by atoms with Crippen LogP contribution in [0.1, 0.15) is 38.2 Å². The van der Waals surface area contributed by atoms with Crippen LogP contribution in [0, 0.1) is 13.8 Å². The molecule has 0 saturated carbocycles. The van der Waals surface area contributed by atoms with Crippen LogP contribution in [0.2, 0.25) is 0 Å². The van der Waals surface area contributed by atoms with Crippen molar-refractivity contribution in [2.24, 2.45) is 0 Å². The van der Waals surface area contributed by atoms with Crippen LogP contribution in [0.5, 0.6) is 0 Å². The number of thiophene rings is 1. The molecule has 4 nitrogen and oxygen atoms in total. The molecule has 0 bridgehead atoms. The lowest BCUT2D eigenvalue weighted by molar-refractivity contribution is 0.0729. The molecule has 1 aliphatic rings. The van der Waals surface area contributed by atoms with E-state index in [0.29, 0.717) is 12.1 Å². The predicted octanol–water partition coefficient (Wildman–Crippen LogP) is 4.53. The Balaban J connectivity index is 1.72. The van der Waals surface area contributed by atoms with Crippen molar-refractivity contribution in [1.82, 2.24) is 9.88 Å². The summed E-state index contributed by atoms with van der Waals surface area (Å²) in [7, 11) is 0. The number of nitrogens with one attached hydrogen (secondary N) is 1. The zero-order valence-corrected chi connectivity index (χ0v) is 15.0. The summed E-state index contributed by atoms with van der Waals surface area (Å²) in [6.07, 6.45) is 1.49. The summed E-state index contributed by atoms with van der Waals surface area (Å²) in [6.45, 7) is 4.72. The van der Waals surface area contributed by atoms with Crippen molar-refractivity contribution < 1.29 is 4.79 Å². The Bertz CT molecular complexity index is 920. The number of carbonyl (C=O) groups excluding carboxylic acids is 1. The van der Waals surface area contributed by atoms with Crippen LogP contribution >= 0.6 is 11.3 Å². The molecule has 0 fully saturated rings. The van der Waals surface area contributed by atoms with Gasteiger partial charge in [0.2, 0.25) is 0 Å². The number of hydrogen-bond acceptors (Lipinski definition) is 4. The van der Waals surface area contributed by atoms with Gasteiger partial charge in [-0.05, 0) is 54.6 Å². The van der Waals surface area contributed by atoms with Crippen molar-refractivity contribution >= 4 is 22.9 Å². The summed E-state index contributed by atoms with van der Waals surface area (Å²) in [5.74, 6) is 0.0271. The summed E-state index contributed by atoms with van der Waals surface area (Å²) in [5.41, 5.74) is 4.85. The molecule has 4 rings (SSSR count). The number of fused-ring (bicyclic) bond motifs is 1. The van der Waals surface area contributed by atoms with Crippen LogP contribution in [0.25, 0.3) is 0 Å². The van der Waals surface area contributed by atoms with Crippen molar-refractivity contribution in [2.75, 3.05) is 5.32 Å². The lowest BCUT2D eigenvalue weighted by atomic mass is 10.1. The van der Waals surface area contributed by atoms with Gasteiger partial charge < -0.3 is 10.2 Å². The molecule has 126 valence electrons. The van der Waals surface area contributed by atoms with E-state index in [4.69, 9.17) is 0 Å². The molecule has 1 N–H and O–H groups in total. The fourth-order valence-corrected chi connectivity index (χ4v) is 3.86. The van der Waals surface area contributed by atoms with E-state index >= 15 is 0 Å². The third-order valence-electron chi connectivity index (χ3n) is 4.49. The number of nitrogens with zero attached hydrogens (tertiary/aromatic N) is 2. The lowest BCUT2D eigenvalue weighted by Gasteiger charge is -2.27. The maximum Gasteiger partial charge on any atom is 0.258 e. The first-order valence-electron chi connectivity index (χ1n) is 8.25. The van der Waals surface area contributed by atoms with E-state index in [1.54, 1.807) is 17.5 Å². The number of aromatic nitrogens is 1. The Labute approximate surface area is 151 Å². The molecule has 0 unspecified atom stereocenters. The van der Waals surface area contributed by atoms with Crippen LogP contribution in [-0.4, -0.2) is 15.8 Å². The van der Waals surface area contributed by atoms with Crippen LogP contribution in [-0.2, 0) is 6.54 Å². The second kappa shape index (κ2) is 6.33. The smallest absolute Gasteiger partial charge is 0.258 e. The zero-order valence-electron chi connectivity index (χ0n) is 14.2. The predicted molar refractivity (Wildman–Crippen MR) is 101 cm³/mol. The minimum Gasteiger partial charge on any atom is -0.360 e. The summed E-state index contributed by atoms with van der Waals surface area (Å²) >= 11 is 1.66. The number of carbonyl (C=O) groups is 1. The van der Waals surface area contributed by atoms with E-state index < -0.39 is 0 Å². The highest BCUT2D eigenvalue weighted by atomic mass is 32.1. The highest BCUT2D eigenvalue weighted by molar-refractivity contribution is 7.09. The van der Waals surface area contributed by atoms with Gasteiger partial charge in [0, 0.05) is 16.8 Å². The molecule has 5 heteroatoms. The Hall–Kier alpha value is -2.66. The van der Waals surface area contributed by atoms with Gasteiger partial charge >= 0.3 is 0 Å². The Morgan fingerprint density at radius 1 is 1.20 bits per heavy atom. The van der Waals surface area contributed by atoms with E-state index in [1.807, 2.05) is 28.5 Å². The molecule has 3 heterocycles. The van der Waals surface area contributed by atoms with E-state index in [-0.39, 0.29) is 12.1 Å². The molecule has 0 spiro atoms. The van der Waals surface area contributed by atoms with Gasteiger partial charge in [0.1, 0.15) is 6.17 Å². The summed E-state index contributed by atoms with van der Waals surface area (Å²) in [4.78, 5) is 20.5. The molecule has 0 aliphatic carbocycles. The maximum atomic E-state index is 12.9. The van der Waals surface area contributed by atoms with Gasteiger partial charge in [-0.15, -0.1) is 11.3 Å². The average molecular weight is 349 g/mol. The van der Waals surface area contributed by atoms with Crippen LogP contribution < -0.4 is 5.32 Å². The van der Waals surface area contributed by atoms with Crippen molar-refractivity contribution in [2.45, 2.75) is 26.6 Å². The molecular formula is C20H19N3OS. The van der Waals surface area contributed by atoms with E-state index in [0.717, 1.165) is 21.8 Å². The Kier molecular flexibility index (Phi) is 4.01. The molecule has 1 aromatic carbocycles. The lowest BCUT2D eigenvalue weighted by Crippen LogP contribution is -2.32. The fraction of sp³-hybridized carbons (Fsp3) is 0.200. The quantitative estimate of drug-likeness (QED) is 0.753. The monoisotopic (exact) mass is 349 g/mol. The molecule has 1 atom stereocenters. The molecule has 1 aliphatic heterocycles. The molecular weight excluding hydrogens is 330 g/mol. The van der Waals surface area contributed by atoms with Gasteiger partial charge in [-0.2, -0.15) is 0 Å². The van der Waals surface area contributed by atoms with Gasteiger partial charge in [0.15, 0.2) is 0 Å². The first-order chi connectivity index (χ1) is 12.1. The molecule has 0 radical (unpaired) electrons. The third-order valence-corrected chi connectivity index (χ3v) is 5.35. The van der Waals surface area contributed by atoms with Crippen molar-refractivity contribution in [3.8, 4) is 0 Å². The molecule has 1 amide bonds. The number of hydrogen-bond donors (Lipinski definition) is 1. The maximum absolute atomic E-state index is 12.9. The van der Waals surface area contributed by atoms with Crippen LogP contribution in [0.3, 0.4) is 0 Å². The minimum absolute atomic E-state index is 0.0271. The van der Waals surface area contributed by atoms with Crippen LogP contribution in [0.4, 0.5) is 5.69 Å². The van der Waals surface area contributed by atoms with Gasteiger partial charge in [0.05, 0.1) is 17.8 Å². The standard InChI is InChI=1S/C20H19N3OS/c1-13-7-8-14(2)17(11-13)22-19-18-16(6-3-9-21-18)20(24)23(19)12-15-5-4-10-25-15/h3-11,19,22H,12H2,1-2H3/t19-/m0/s1. The molecule has 2 aromatic heterocycles. The van der Waals surface area contributed by atoms with Gasteiger partial charge in [0.25, 0.3) is 5.91 Å². The first kappa shape index (κ1) is 15.8. The topological polar surface area (TPSA) is 45.2 Å². The van der Waals surface area contributed by atoms with Crippen molar-refractivity contribution in [1.29, 1.82) is 0 Å². The van der Waals surface area contributed by atoms with E-state index in [1.165, 1.54) is 5.56 Å². The van der Waals surface area contributed by atoms with Crippen molar-refractivity contribution in [3.05, 3.63) is 81.3 Å². The van der Waals surface area contributed by atoms with E-state index in [9.17, 15) is 4.79 Å². The summed E-state index contributed by atoms with van der Waals surface area (Å²) in [5, 5.41) is 5.58. The van der Waals surface area contributed by atoms with Gasteiger partial charge in [-0.25, -0.2) is 0 Å².